The minimum absolute atomic E-state index is 0. The molecule has 0 bridgehead atoms. The van der Waals surface area contributed by atoms with E-state index in [1.165, 1.54) is 4.90 Å². The van der Waals surface area contributed by atoms with Crippen molar-refractivity contribution in [2.75, 3.05) is 26.3 Å². The van der Waals surface area contributed by atoms with Crippen molar-refractivity contribution in [3.8, 4) is 0 Å². The third kappa shape index (κ3) is 3.75. The molecular weight excluding hydrogens is 387 g/mol. The Bertz CT molecular complexity index is 877. The predicted octanol–water partition coefficient (Wildman–Crippen LogP) is 0.185. The van der Waals surface area contributed by atoms with Gasteiger partial charge in [-0.1, -0.05) is 12.1 Å². The van der Waals surface area contributed by atoms with Crippen LogP contribution in [0.1, 0.15) is 29.3 Å². The average molecular weight is 409 g/mol. The summed E-state index contributed by atoms with van der Waals surface area (Å²) in [5, 5.41) is 19.5. The van der Waals surface area contributed by atoms with Crippen LogP contribution in [0.4, 0.5) is 0 Å². The van der Waals surface area contributed by atoms with Crippen molar-refractivity contribution in [3.05, 3.63) is 41.1 Å². The number of carboxylic acids is 1. The Balaban J connectivity index is 0.00000240. The normalized spacial score (nSPS) is 24.6. The predicted molar refractivity (Wildman–Crippen MR) is 104 cm³/mol. The Morgan fingerprint density at radius 3 is 2.55 bits per heavy atom. The summed E-state index contributed by atoms with van der Waals surface area (Å²) in [6.45, 7) is 3.58. The van der Waals surface area contributed by atoms with Crippen molar-refractivity contribution < 1.29 is 29.3 Å². The second-order valence-corrected chi connectivity index (χ2v) is 7.36. The molecule has 1 radical (unpaired) electrons. The number of β-lactam (4-membered cyclic amide) rings is 1. The average Bonchev–Trinajstić information content (AvgIpc) is 3.03. The first-order valence-corrected chi connectivity index (χ1v) is 9.35. The first-order chi connectivity index (χ1) is 13.4. The van der Waals surface area contributed by atoms with Crippen molar-refractivity contribution in [3.63, 3.8) is 0 Å². The van der Waals surface area contributed by atoms with E-state index in [-0.39, 0.29) is 53.1 Å². The van der Waals surface area contributed by atoms with Crippen LogP contribution < -0.4 is 0 Å². The summed E-state index contributed by atoms with van der Waals surface area (Å²) in [6, 6.07) is 6.51. The second kappa shape index (κ2) is 8.57. The Kier molecular flexibility index (Phi) is 6.50. The van der Waals surface area contributed by atoms with Gasteiger partial charge >= 0.3 is 5.97 Å². The smallest absolute Gasteiger partial charge is 0.352 e. The summed E-state index contributed by atoms with van der Waals surface area (Å²) in [5.41, 5.74) is 1.56. The molecule has 1 aromatic rings. The van der Waals surface area contributed by atoms with Gasteiger partial charge in [-0.2, -0.15) is 0 Å². The number of ether oxygens (including phenoxy) is 1. The molecule has 0 spiro atoms. The first-order valence-electron chi connectivity index (χ1n) is 9.35. The molecule has 9 heteroatoms. The largest absolute Gasteiger partial charge is 0.477 e. The van der Waals surface area contributed by atoms with Crippen LogP contribution in [0, 0.1) is 5.92 Å². The minimum atomic E-state index is -1.18. The number of carbonyl (C=O) groups excluding carboxylic acids is 2. The van der Waals surface area contributed by atoms with Crippen LogP contribution in [0.2, 0.25) is 0 Å². The van der Waals surface area contributed by atoms with Gasteiger partial charge in [0.1, 0.15) is 5.70 Å². The molecular formula is C20H22N2NaO6. The van der Waals surface area contributed by atoms with Crippen molar-refractivity contribution in [1.82, 2.24) is 9.80 Å². The van der Waals surface area contributed by atoms with Crippen molar-refractivity contribution in [1.29, 1.82) is 0 Å². The molecule has 0 aromatic heterocycles. The molecule has 3 aliphatic rings. The standard InChI is InChI=1S/C20H22N2O6.Na/c1-11(23)16-15-10-14(17(20(26)27)22(15)19(16)25)12-3-2-4-13(9-12)18(24)21-5-7-28-8-6-21;/h2-4,9,11,15-16,23H,5-8,10H2,1H3,(H,26,27);/t11-,15-,16-;/m1./s1. The number of carbonyl (C=O) groups is 3. The third-order valence-corrected chi connectivity index (χ3v) is 5.69. The topological polar surface area (TPSA) is 107 Å². The zero-order chi connectivity index (χ0) is 20.0. The number of amides is 2. The molecule has 2 fully saturated rings. The number of fused-ring (bicyclic) bond motifs is 1. The maximum Gasteiger partial charge on any atom is 0.352 e. The van der Waals surface area contributed by atoms with E-state index in [4.69, 9.17) is 4.74 Å². The first kappa shape index (κ1) is 22.0. The minimum Gasteiger partial charge on any atom is -0.477 e. The number of hydrogen-bond acceptors (Lipinski definition) is 5. The summed E-state index contributed by atoms with van der Waals surface area (Å²) in [6.07, 6.45) is -0.490. The van der Waals surface area contributed by atoms with E-state index >= 15 is 0 Å². The van der Waals surface area contributed by atoms with Crippen LogP contribution in [-0.2, 0) is 14.3 Å². The summed E-state index contributed by atoms with van der Waals surface area (Å²) >= 11 is 0. The monoisotopic (exact) mass is 409 g/mol. The fraction of sp³-hybridized carbons (Fsp3) is 0.450. The molecule has 0 aliphatic carbocycles. The van der Waals surface area contributed by atoms with Gasteiger partial charge in [0, 0.05) is 48.2 Å². The van der Waals surface area contributed by atoms with Crippen LogP contribution in [0.25, 0.3) is 5.57 Å². The number of benzene rings is 1. The van der Waals surface area contributed by atoms with Gasteiger partial charge in [0.15, 0.2) is 0 Å². The van der Waals surface area contributed by atoms with Gasteiger partial charge in [-0.15, -0.1) is 0 Å². The van der Waals surface area contributed by atoms with Crippen molar-refractivity contribution in [2.24, 2.45) is 5.92 Å². The van der Waals surface area contributed by atoms with Crippen LogP contribution in [0.5, 0.6) is 0 Å². The van der Waals surface area contributed by atoms with Gasteiger partial charge in [0.05, 0.1) is 31.3 Å². The third-order valence-electron chi connectivity index (χ3n) is 5.69. The fourth-order valence-electron chi connectivity index (χ4n) is 4.32. The SMILES string of the molecule is C[C@@H](O)[C@H]1C(=O)N2C(C(=O)O)=C(c3cccc(C(=O)N4CCOCC4)c3)C[C@H]12.[Na]. The number of aliphatic hydroxyl groups is 1. The van der Waals surface area contributed by atoms with Gasteiger partial charge in [-0.25, -0.2) is 4.79 Å². The zero-order valence-corrected chi connectivity index (χ0v) is 18.5. The summed E-state index contributed by atoms with van der Waals surface area (Å²) < 4.78 is 5.28. The maximum absolute atomic E-state index is 12.8. The van der Waals surface area contributed by atoms with Gasteiger partial charge in [0.2, 0.25) is 5.91 Å². The van der Waals surface area contributed by atoms with E-state index < -0.39 is 18.0 Å². The number of nitrogens with zero attached hydrogens (tertiary/aromatic N) is 2. The van der Waals surface area contributed by atoms with Gasteiger partial charge in [0.25, 0.3) is 5.91 Å². The molecule has 0 saturated carbocycles. The second-order valence-electron chi connectivity index (χ2n) is 7.36. The summed E-state index contributed by atoms with van der Waals surface area (Å²) in [7, 11) is 0. The Hall–Kier alpha value is -1.71. The molecule has 149 valence electrons. The van der Waals surface area contributed by atoms with Gasteiger partial charge in [-0.05, 0) is 36.6 Å². The molecule has 3 atom stereocenters. The summed E-state index contributed by atoms with van der Waals surface area (Å²) in [4.78, 5) is 40.0. The van der Waals surface area contributed by atoms with E-state index in [2.05, 4.69) is 0 Å². The number of aliphatic hydroxyl groups excluding tert-OH is 1. The molecule has 0 unspecified atom stereocenters. The molecule has 4 rings (SSSR count). The molecule has 3 heterocycles. The summed E-state index contributed by atoms with van der Waals surface area (Å²) in [5.74, 6) is -2.26. The Morgan fingerprint density at radius 1 is 1.24 bits per heavy atom. The maximum atomic E-state index is 12.8. The van der Waals surface area contributed by atoms with E-state index in [9.17, 15) is 24.6 Å². The molecule has 8 nitrogen and oxygen atoms in total. The van der Waals surface area contributed by atoms with Gasteiger partial charge in [-0.3, -0.25) is 9.59 Å². The molecule has 2 amide bonds. The van der Waals surface area contributed by atoms with E-state index in [1.54, 1.807) is 36.1 Å². The quantitative estimate of drug-likeness (QED) is 0.543. The number of hydrogen-bond donors (Lipinski definition) is 2. The van der Waals surface area contributed by atoms with Crippen LogP contribution >= 0.6 is 0 Å². The fourth-order valence-corrected chi connectivity index (χ4v) is 4.32. The van der Waals surface area contributed by atoms with Crippen molar-refractivity contribution >= 4 is 52.9 Å². The number of rotatable bonds is 4. The van der Waals surface area contributed by atoms with Gasteiger partial charge < -0.3 is 24.7 Å². The van der Waals surface area contributed by atoms with E-state index in [0.29, 0.717) is 49.4 Å². The molecule has 1 aromatic carbocycles. The molecule has 2 saturated heterocycles. The van der Waals surface area contributed by atoms with E-state index in [1.807, 2.05) is 0 Å². The van der Waals surface area contributed by atoms with E-state index in [0.717, 1.165) is 0 Å². The zero-order valence-electron chi connectivity index (χ0n) is 16.5. The van der Waals surface area contributed by atoms with Crippen molar-refractivity contribution in [2.45, 2.75) is 25.5 Å². The van der Waals surface area contributed by atoms with Crippen LogP contribution in [-0.4, -0.2) is 106 Å². The number of carboxylic acid groups (broad SMARTS) is 1. The molecule has 2 N–H and O–H groups in total. The van der Waals surface area contributed by atoms with Crippen LogP contribution in [0.15, 0.2) is 30.0 Å². The Morgan fingerprint density at radius 2 is 1.93 bits per heavy atom. The Labute approximate surface area is 190 Å². The number of aliphatic carboxylic acids is 1. The van der Waals surface area contributed by atoms with Crippen LogP contribution in [0.3, 0.4) is 0 Å². The number of morpholine rings is 1. The molecule has 29 heavy (non-hydrogen) atoms. The molecule has 3 aliphatic heterocycles.